The van der Waals surface area contributed by atoms with E-state index in [1.54, 1.807) is 0 Å². The van der Waals surface area contributed by atoms with E-state index in [1.807, 2.05) is 6.07 Å². The van der Waals surface area contributed by atoms with Gasteiger partial charge in [-0.15, -0.1) is 0 Å². The van der Waals surface area contributed by atoms with Crippen LogP contribution in [0.4, 0.5) is 11.4 Å². The van der Waals surface area contributed by atoms with Crippen LogP contribution in [-0.2, 0) is 0 Å². The van der Waals surface area contributed by atoms with E-state index >= 15 is 0 Å². The molecule has 122 valence electrons. The van der Waals surface area contributed by atoms with Crippen molar-refractivity contribution in [3.63, 3.8) is 0 Å². The van der Waals surface area contributed by atoms with Gasteiger partial charge >= 0.3 is 0 Å². The molecule has 0 bridgehead atoms. The summed E-state index contributed by atoms with van der Waals surface area (Å²) in [5, 5.41) is 3.63. The van der Waals surface area contributed by atoms with Gasteiger partial charge in [0.2, 0.25) is 0 Å². The van der Waals surface area contributed by atoms with E-state index in [0.717, 1.165) is 5.69 Å². The Kier molecular flexibility index (Phi) is 4.44. The smallest absolute Gasteiger partial charge is 0.0449 e. The van der Waals surface area contributed by atoms with Gasteiger partial charge in [-0.1, -0.05) is 42.5 Å². The van der Waals surface area contributed by atoms with Crippen LogP contribution >= 0.6 is 0 Å². The van der Waals surface area contributed by atoms with Gasteiger partial charge in [-0.3, -0.25) is 0 Å². The number of hydrogen-bond donors (Lipinski definition) is 1. The first kappa shape index (κ1) is 16.3. The molecule has 0 amide bonds. The molecule has 1 N–H and O–H groups in total. The monoisotopic (exact) mass is 315 g/mol. The van der Waals surface area contributed by atoms with Crippen molar-refractivity contribution in [1.29, 1.82) is 0 Å². The van der Waals surface area contributed by atoms with Crippen LogP contribution in [0.5, 0.6) is 0 Å². The maximum Gasteiger partial charge on any atom is 0.0449 e. The zero-order valence-corrected chi connectivity index (χ0v) is 15.2. The second-order valence-electron chi connectivity index (χ2n) is 6.57. The molecule has 0 heterocycles. The van der Waals surface area contributed by atoms with E-state index in [1.165, 1.54) is 44.6 Å². The highest BCUT2D eigenvalue weighted by Crippen LogP contribution is 2.32. The van der Waals surface area contributed by atoms with Gasteiger partial charge in [0.15, 0.2) is 0 Å². The highest BCUT2D eigenvalue weighted by molar-refractivity contribution is 5.73. The van der Waals surface area contributed by atoms with Gasteiger partial charge in [-0.25, -0.2) is 0 Å². The molecule has 0 aliphatic heterocycles. The lowest BCUT2D eigenvalue weighted by Gasteiger charge is -2.20. The van der Waals surface area contributed by atoms with Crippen LogP contribution in [0.3, 0.4) is 0 Å². The average molecular weight is 315 g/mol. The zero-order chi connectivity index (χ0) is 17.3. The largest absolute Gasteiger partial charge is 0.355 e. The lowest BCUT2D eigenvalue weighted by molar-refractivity contribution is 1.17. The molecule has 0 aliphatic rings. The minimum atomic E-state index is 1.13. The summed E-state index contributed by atoms with van der Waals surface area (Å²) in [7, 11) is 0. The summed E-state index contributed by atoms with van der Waals surface area (Å²) in [6.07, 6.45) is 0. The van der Waals surface area contributed by atoms with E-state index in [2.05, 4.69) is 88.5 Å². The Morgan fingerprint density at radius 1 is 0.500 bits per heavy atom. The molecule has 3 rings (SSSR count). The molecule has 0 unspecified atom stereocenters. The van der Waals surface area contributed by atoms with E-state index < -0.39 is 0 Å². The molecule has 1 heteroatoms. The molecule has 0 radical (unpaired) electrons. The fourth-order valence-electron chi connectivity index (χ4n) is 3.21. The lowest BCUT2D eigenvalue weighted by atomic mass is 9.93. The Hall–Kier alpha value is -2.54. The van der Waals surface area contributed by atoms with Gasteiger partial charge in [0, 0.05) is 11.4 Å². The van der Waals surface area contributed by atoms with Gasteiger partial charge in [0.05, 0.1) is 0 Å². The van der Waals surface area contributed by atoms with Crippen LogP contribution in [0.25, 0.3) is 11.1 Å². The Balaban J connectivity index is 1.93. The molecule has 24 heavy (non-hydrogen) atoms. The van der Waals surface area contributed by atoms with Crippen molar-refractivity contribution in [3.05, 3.63) is 82.4 Å². The Labute approximate surface area is 145 Å². The second kappa shape index (κ2) is 6.52. The summed E-state index contributed by atoms with van der Waals surface area (Å²) in [6.45, 7) is 11.0. The number of rotatable bonds is 3. The zero-order valence-electron chi connectivity index (χ0n) is 15.2. The van der Waals surface area contributed by atoms with Crippen molar-refractivity contribution in [2.75, 3.05) is 5.32 Å². The average Bonchev–Trinajstić information content (AvgIpc) is 2.63. The fourth-order valence-corrected chi connectivity index (χ4v) is 3.21. The predicted molar refractivity (Wildman–Crippen MR) is 105 cm³/mol. The standard InChI is InChI=1S/C23H25N/c1-15-16(2)18(4)23(19(5)17(15)3)24-22-13-11-21(12-14-22)20-9-7-6-8-10-20/h6-14,24H,1-5H3. The quantitative estimate of drug-likeness (QED) is 0.571. The molecular formula is C23H25N. The molecule has 0 saturated carbocycles. The molecule has 0 fully saturated rings. The van der Waals surface area contributed by atoms with E-state index in [0.29, 0.717) is 0 Å². The maximum absolute atomic E-state index is 3.63. The number of anilines is 2. The molecule has 0 saturated heterocycles. The Morgan fingerprint density at radius 2 is 0.958 bits per heavy atom. The molecule has 1 nitrogen and oxygen atoms in total. The van der Waals surface area contributed by atoms with Crippen molar-refractivity contribution in [1.82, 2.24) is 0 Å². The summed E-state index contributed by atoms with van der Waals surface area (Å²) in [6, 6.07) is 19.2. The van der Waals surface area contributed by atoms with Crippen LogP contribution < -0.4 is 5.32 Å². The van der Waals surface area contributed by atoms with Crippen LogP contribution in [0.2, 0.25) is 0 Å². The number of hydrogen-bond acceptors (Lipinski definition) is 1. The van der Waals surface area contributed by atoms with Crippen LogP contribution in [-0.4, -0.2) is 0 Å². The fraction of sp³-hybridized carbons (Fsp3) is 0.217. The van der Waals surface area contributed by atoms with Gasteiger partial charge in [0.1, 0.15) is 0 Å². The van der Waals surface area contributed by atoms with Crippen LogP contribution in [0.15, 0.2) is 54.6 Å². The third-order valence-electron chi connectivity index (χ3n) is 5.26. The van der Waals surface area contributed by atoms with Crippen molar-refractivity contribution in [2.24, 2.45) is 0 Å². The summed E-state index contributed by atoms with van der Waals surface area (Å²) >= 11 is 0. The summed E-state index contributed by atoms with van der Waals surface area (Å²) < 4.78 is 0. The summed E-state index contributed by atoms with van der Waals surface area (Å²) in [5.41, 5.74) is 11.7. The maximum atomic E-state index is 3.63. The SMILES string of the molecule is Cc1c(C)c(C)c(Nc2ccc(-c3ccccc3)cc2)c(C)c1C. The predicted octanol–water partition coefficient (Wildman–Crippen LogP) is 6.64. The molecule has 0 atom stereocenters. The molecular weight excluding hydrogens is 290 g/mol. The highest BCUT2D eigenvalue weighted by atomic mass is 14.9. The van der Waals surface area contributed by atoms with Crippen molar-refractivity contribution < 1.29 is 0 Å². The minimum Gasteiger partial charge on any atom is -0.355 e. The Bertz CT molecular complexity index is 830. The molecule has 0 aliphatic carbocycles. The number of nitrogens with one attached hydrogen (secondary N) is 1. The Morgan fingerprint density at radius 3 is 1.50 bits per heavy atom. The third kappa shape index (κ3) is 2.94. The minimum absolute atomic E-state index is 1.13. The van der Waals surface area contributed by atoms with Crippen LogP contribution in [0, 0.1) is 34.6 Å². The van der Waals surface area contributed by atoms with Crippen molar-refractivity contribution >= 4 is 11.4 Å². The topological polar surface area (TPSA) is 12.0 Å². The van der Waals surface area contributed by atoms with Gasteiger partial charge in [-0.2, -0.15) is 0 Å². The normalized spacial score (nSPS) is 10.7. The molecule has 0 aromatic heterocycles. The van der Waals surface area contributed by atoms with Gasteiger partial charge in [-0.05, 0) is 85.7 Å². The second-order valence-corrected chi connectivity index (χ2v) is 6.57. The van der Waals surface area contributed by atoms with Crippen LogP contribution in [0.1, 0.15) is 27.8 Å². The highest BCUT2D eigenvalue weighted by Gasteiger charge is 2.12. The lowest BCUT2D eigenvalue weighted by Crippen LogP contribution is -2.03. The molecule has 0 spiro atoms. The summed E-state index contributed by atoms with van der Waals surface area (Å²) in [5.74, 6) is 0. The third-order valence-corrected chi connectivity index (χ3v) is 5.26. The first-order chi connectivity index (χ1) is 11.5. The number of benzene rings is 3. The summed E-state index contributed by atoms with van der Waals surface area (Å²) in [4.78, 5) is 0. The molecule has 3 aromatic rings. The van der Waals surface area contributed by atoms with E-state index in [9.17, 15) is 0 Å². The van der Waals surface area contributed by atoms with Gasteiger partial charge < -0.3 is 5.32 Å². The van der Waals surface area contributed by atoms with Crippen molar-refractivity contribution in [3.8, 4) is 11.1 Å². The van der Waals surface area contributed by atoms with Crippen molar-refractivity contribution in [2.45, 2.75) is 34.6 Å². The molecule has 3 aromatic carbocycles. The first-order valence-corrected chi connectivity index (χ1v) is 8.48. The van der Waals surface area contributed by atoms with E-state index in [-0.39, 0.29) is 0 Å². The van der Waals surface area contributed by atoms with E-state index in [4.69, 9.17) is 0 Å². The van der Waals surface area contributed by atoms with Gasteiger partial charge in [0.25, 0.3) is 0 Å². The first-order valence-electron chi connectivity index (χ1n) is 8.48.